The van der Waals surface area contributed by atoms with E-state index in [0.717, 1.165) is 13.0 Å². The molecule has 130 valence electrons. The van der Waals surface area contributed by atoms with E-state index in [1.165, 1.54) is 38.5 Å². The van der Waals surface area contributed by atoms with E-state index >= 15 is 0 Å². The van der Waals surface area contributed by atoms with Gasteiger partial charge in [-0.1, -0.05) is 45.4 Å². The summed E-state index contributed by atoms with van der Waals surface area (Å²) in [6.07, 6.45) is 9.22. The van der Waals surface area contributed by atoms with E-state index < -0.39 is 10.4 Å². The van der Waals surface area contributed by atoms with Crippen LogP contribution in [-0.4, -0.2) is 55.7 Å². The lowest BCUT2D eigenvalue weighted by molar-refractivity contribution is 0.0321. The third-order valence-corrected chi connectivity index (χ3v) is 2.50. The molecule has 0 fully saturated rings. The van der Waals surface area contributed by atoms with Gasteiger partial charge in [0.2, 0.25) is 0 Å². The number of unbranched alkanes of at least 4 members (excludes halogenated alkanes) is 6. The van der Waals surface area contributed by atoms with E-state index in [4.69, 9.17) is 32.1 Å². The van der Waals surface area contributed by atoms with Gasteiger partial charge in [0.05, 0.1) is 26.4 Å². The topological polar surface area (TPSA) is 113 Å². The van der Waals surface area contributed by atoms with Gasteiger partial charge in [-0.25, -0.2) is 0 Å². The van der Waals surface area contributed by atoms with Crippen molar-refractivity contribution in [1.29, 1.82) is 0 Å². The second-order valence-electron chi connectivity index (χ2n) is 4.52. The highest BCUT2D eigenvalue weighted by molar-refractivity contribution is 7.79. The number of rotatable bonds is 13. The molecule has 3 N–H and O–H groups in total. The lowest BCUT2D eigenvalue weighted by atomic mass is 10.1. The molecule has 0 aromatic carbocycles. The van der Waals surface area contributed by atoms with Crippen LogP contribution in [0.3, 0.4) is 0 Å². The van der Waals surface area contributed by atoms with Crippen LogP contribution >= 0.6 is 0 Å². The van der Waals surface area contributed by atoms with Gasteiger partial charge in [0.15, 0.2) is 0 Å². The van der Waals surface area contributed by atoms with E-state index in [-0.39, 0.29) is 6.61 Å². The highest BCUT2D eigenvalue weighted by Crippen LogP contribution is 2.06. The van der Waals surface area contributed by atoms with E-state index in [0.29, 0.717) is 19.8 Å². The number of aliphatic hydroxyl groups excluding tert-OH is 1. The lowest BCUT2D eigenvalue weighted by Gasteiger charge is -2.04. The predicted molar refractivity (Wildman–Crippen MR) is 80.9 cm³/mol. The highest BCUT2D eigenvalue weighted by Gasteiger charge is 1.92. The van der Waals surface area contributed by atoms with Crippen LogP contribution in [0.25, 0.3) is 0 Å². The first kappa shape index (κ1) is 23.0. The summed E-state index contributed by atoms with van der Waals surface area (Å²) in [5.74, 6) is 0. The van der Waals surface area contributed by atoms with Gasteiger partial charge in [-0.05, 0) is 6.42 Å². The minimum absolute atomic E-state index is 0.0950. The summed E-state index contributed by atoms with van der Waals surface area (Å²) in [7, 11) is -4.67. The minimum Gasteiger partial charge on any atom is -0.394 e. The van der Waals surface area contributed by atoms with Gasteiger partial charge in [-0.15, -0.1) is 0 Å². The fourth-order valence-corrected chi connectivity index (χ4v) is 1.55. The molecule has 0 aliphatic carbocycles. The Morgan fingerprint density at radius 3 is 1.67 bits per heavy atom. The summed E-state index contributed by atoms with van der Waals surface area (Å²) in [4.78, 5) is 0. The molecule has 0 heterocycles. The molecule has 0 rings (SSSR count). The molecule has 0 radical (unpaired) electrons. The van der Waals surface area contributed by atoms with Gasteiger partial charge in [-0.3, -0.25) is 9.11 Å². The quantitative estimate of drug-likeness (QED) is 0.350. The van der Waals surface area contributed by atoms with Crippen LogP contribution in [-0.2, 0) is 19.9 Å². The van der Waals surface area contributed by atoms with Gasteiger partial charge in [0, 0.05) is 6.61 Å². The zero-order chi connectivity index (χ0) is 16.4. The molecular formula is C13H30O7S. The Hall–Kier alpha value is -0.250. The van der Waals surface area contributed by atoms with Gasteiger partial charge < -0.3 is 14.6 Å². The van der Waals surface area contributed by atoms with Gasteiger partial charge >= 0.3 is 10.4 Å². The van der Waals surface area contributed by atoms with Crippen LogP contribution in [0.2, 0.25) is 0 Å². The van der Waals surface area contributed by atoms with Crippen molar-refractivity contribution in [3.05, 3.63) is 0 Å². The fraction of sp³-hybridized carbons (Fsp3) is 1.00. The summed E-state index contributed by atoms with van der Waals surface area (Å²) in [5, 5.41) is 8.46. The first-order chi connectivity index (χ1) is 9.91. The van der Waals surface area contributed by atoms with E-state index in [2.05, 4.69) is 6.92 Å². The molecule has 21 heavy (non-hydrogen) atoms. The Labute approximate surface area is 128 Å². The predicted octanol–water partition coefficient (Wildman–Crippen LogP) is 2.11. The van der Waals surface area contributed by atoms with Crippen molar-refractivity contribution in [3.63, 3.8) is 0 Å². The Kier molecular flexibility index (Phi) is 19.5. The first-order valence-electron chi connectivity index (χ1n) is 7.38. The Balaban J connectivity index is 0. The first-order valence-corrected chi connectivity index (χ1v) is 8.77. The monoisotopic (exact) mass is 330 g/mol. The average Bonchev–Trinajstić information content (AvgIpc) is 2.38. The maximum atomic E-state index is 8.74. The molecule has 0 spiro atoms. The maximum absolute atomic E-state index is 8.74. The van der Waals surface area contributed by atoms with Crippen molar-refractivity contribution in [2.45, 2.75) is 51.9 Å². The smallest absolute Gasteiger partial charge is 0.394 e. The molecule has 0 bridgehead atoms. The van der Waals surface area contributed by atoms with Crippen molar-refractivity contribution in [1.82, 2.24) is 0 Å². The van der Waals surface area contributed by atoms with Gasteiger partial charge in [-0.2, -0.15) is 8.42 Å². The minimum atomic E-state index is -4.67. The Bertz CT molecular complexity index is 258. The van der Waals surface area contributed by atoms with Crippen LogP contribution in [0.1, 0.15) is 51.9 Å². The number of hydrogen-bond acceptors (Lipinski definition) is 5. The van der Waals surface area contributed by atoms with E-state index in [1.807, 2.05) is 0 Å². The number of ether oxygens (including phenoxy) is 2. The summed E-state index contributed by atoms with van der Waals surface area (Å²) in [5.41, 5.74) is 0. The molecule has 0 aliphatic heterocycles. The third kappa shape index (κ3) is 38.3. The standard InChI is InChI=1S/C13H28O3.H2O4S/c1-2-3-4-5-6-7-8-10-15-12-13-16-11-9-14;1-5(2,3)4/h14H,2-13H2,1H3;(H2,1,2,3,4). The summed E-state index contributed by atoms with van der Waals surface area (Å²) < 4.78 is 42.1. The van der Waals surface area contributed by atoms with Crippen molar-refractivity contribution < 1.29 is 32.1 Å². The summed E-state index contributed by atoms with van der Waals surface area (Å²) in [6.45, 7) is 4.84. The second-order valence-corrected chi connectivity index (χ2v) is 5.41. The van der Waals surface area contributed by atoms with Crippen LogP contribution in [0, 0.1) is 0 Å². The molecule has 7 nitrogen and oxygen atoms in total. The van der Waals surface area contributed by atoms with Crippen LogP contribution in [0.4, 0.5) is 0 Å². The summed E-state index contributed by atoms with van der Waals surface area (Å²) in [6, 6.07) is 0. The molecule has 0 unspecified atom stereocenters. The summed E-state index contributed by atoms with van der Waals surface area (Å²) >= 11 is 0. The third-order valence-electron chi connectivity index (χ3n) is 2.50. The van der Waals surface area contributed by atoms with Crippen molar-refractivity contribution in [3.8, 4) is 0 Å². The Morgan fingerprint density at radius 1 is 0.762 bits per heavy atom. The van der Waals surface area contributed by atoms with Crippen LogP contribution in [0.15, 0.2) is 0 Å². The SMILES string of the molecule is CCCCCCCCCOCCOCCO.O=S(=O)(O)O. The zero-order valence-electron chi connectivity index (χ0n) is 12.9. The van der Waals surface area contributed by atoms with Crippen molar-refractivity contribution in [2.75, 3.05) is 33.0 Å². The molecule has 0 amide bonds. The molecule has 0 saturated carbocycles. The average molecular weight is 330 g/mol. The highest BCUT2D eigenvalue weighted by atomic mass is 32.3. The van der Waals surface area contributed by atoms with Crippen molar-refractivity contribution in [2.24, 2.45) is 0 Å². The van der Waals surface area contributed by atoms with Crippen LogP contribution < -0.4 is 0 Å². The molecule has 0 aromatic rings. The van der Waals surface area contributed by atoms with Gasteiger partial charge in [0.1, 0.15) is 0 Å². The number of hydrogen-bond donors (Lipinski definition) is 3. The molecule has 0 saturated heterocycles. The van der Waals surface area contributed by atoms with E-state index in [9.17, 15) is 0 Å². The normalized spacial score (nSPS) is 11.0. The van der Waals surface area contributed by atoms with E-state index in [1.54, 1.807) is 0 Å². The molecule has 0 aliphatic rings. The van der Waals surface area contributed by atoms with Crippen molar-refractivity contribution >= 4 is 10.4 Å². The fourth-order valence-electron chi connectivity index (χ4n) is 1.55. The molecule has 0 atom stereocenters. The molecular weight excluding hydrogens is 300 g/mol. The largest absolute Gasteiger partial charge is 0.394 e. The molecule has 0 aromatic heterocycles. The maximum Gasteiger partial charge on any atom is 0.394 e. The Morgan fingerprint density at radius 2 is 1.19 bits per heavy atom. The molecule has 8 heteroatoms. The van der Waals surface area contributed by atoms with Crippen LogP contribution in [0.5, 0.6) is 0 Å². The number of aliphatic hydroxyl groups is 1. The van der Waals surface area contributed by atoms with Gasteiger partial charge in [0.25, 0.3) is 0 Å². The lowest BCUT2D eigenvalue weighted by Crippen LogP contribution is -2.07. The zero-order valence-corrected chi connectivity index (χ0v) is 13.7. The second kappa shape index (κ2) is 17.8.